The first kappa shape index (κ1) is 19.6. The van der Waals surface area contributed by atoms with E-state index in [1.807, 2.05) is 42.5 Å². The van der Waals surface area contributed by atoms with Crippen LogP contribution in [0.4, 0.5) is 0 Å². The van der Waals surface area contributed by atoms with Crippen LogP contribution in [-0.4, -0.2) is 42.0 Å². The summed E-state index contributed by atoms with van der Waals surface area (Å²) in [6.45, 7) is 2.02. The van der Waals surface area contributed by atoms with Gasteiger partial charge in [-0.1, -0.05) is 35.0 Å². The van der Waals surface area contributed by atoms with Crippen LogP contribution in [0.1, 0.15) is 23.3 Å². The summed E-state index contributed by atoms with van der Waals surface area (Å²) >= 11 is 13.9. The van der Waals surface area contributed by atoms with Crippen LogP contribution in [0.3, 0.4) is 0 Å². The number of nitrogens with one attached hydrogen (secondary N) is 2. The van der Waals surface area contributed by atoms with Gasteiger partial charge < -0.3 is 15.2 Å². The Bertz CT molecular complexity index is 995. The average Bonchev–Trinajstić information content (AvgIpc) is 3.10. The third kappa shape index (κ3) is 4.49. The van der Waals surface area contributed by atoms with Crippen LogP contribution in [-0.2, 0) is 0 Å². The fourth-order valence-electron chi connectivity index (χ4n) is 3.42. The van der Waals surface area contributed by atoms with E-state index in [2.05, 4.69) is 22.2 Å². The number of hydrogen-bond donors (Lipinski definition) is 2. The Kier molecular flexibility index (Phi) is 5.88. The summed E-state index contributed by atoms with van der Waals surface area (Å²) in [7, 11) is 2.11. The molecule has 0 atom stereocenters. The first-order valence-electron chi connectivity index (χ1n) is 9.23. The van der Waals surface area contributed by atoms with E-state index < -0.39 is 0 Å². The summed E-state index contributed by atoms with van der Waals surface area (Å²) in [6, 6.07) is 13.6. The number of carbonyl (C=O) groups is 1. The van der Waals surface area contributed by atoms with E-state index in [0.717, 1.165) is 46.6 Å². The predicted octanol–water partition coefficient (Wildman–Crippen LogP) is 5.45. The SMILES string of the molecule is CN1CCC(NC(=O)c2cc3c(Sc4ccc(Cl)cc4)cc(Cl)cc3[nH]2)CC1. The minimum atomic E-state index is -0.0654. The van der Waals surface area contributed by atoms with E-state index in [0.29, 0.717) is 15.7 Å². The third-order valence-electron chi connectivity index (χ3n) is 5.00. The molecule has 1 amide bonds. The molecular formula is C21H21Cl2N3OS. The first-order valence-corrected chi connectivity index (χ1v) is 10.8. The minimum Gasteiger partial charge on any atom is -0.350 e. The highest BCUT2D eigenvalue weighted by atomic mass is 35.5. The van der Waals surface area contributed by atoms with Gasteiger partial charge in [-0.2, -0.15) is 0 Å². The Hall–Kier alpha value is -1.66. The van der Waals surface area contributed by atoms with Crippen LogP contribution in [0.25, 0.3) is 10.9 Å². The first-order chi connectivity index (χ1) is 13.5. The lowest BCUT2D eigenvalue weighted by atomic mass is 10.1. The normalized spacial score (nSPS) is 15.8. The molecule has 1 saturated heterocycles. The molecule has 0 unspecified atom stereocenters. The van der Waals surface area contributed by atoms with Gasteiger partial charge in [0.25, 0.3) is 5.91 Å². The molecule has 4 rings (SSSR count). The lowest BCUT2D eigenvalue weighted by Gasteiger charge is -2.29. The Morgan fingerprint density at radius 2 is 1.82 bits per heavy atom. The summed E-state index contributed by atoms with van der Waals surface area (Å²) in [5.74, 6) is -0.0654. The van der Waals surface area contributed by atoms with E-state index in [9.17, 15) is 4.79 Å². The highest BCUT2D eigenvalue weighted by Crippen LogP contribution is 2.36. The fourth-order valence-corrected chi connectivity index (χ4v) is 4.82. The van der Waals surface area contributed by atoms with Crippen molar-refractivity contribution in [3.63, 3.8) is 0 Å². The molecular weight excluding hydrogens is 413 g/mol. The quantitative estimate of drug-likeness (QED) is 0.574. The van der Waals surface area contributed by atoms with Gasteiger partial charge in [0.2, 0.25) is 0 Å². The van der Waals surface area contributed by atoms with Crippen molar-refractivity contribution in [2.75, 3.05) is 20.1 Å². The fraction of sp³-hybridized carbons (Fsp3) is 0.286. The molecule has 1 fully saturated rings. The van der Waals surface area contributed by atoms with E-state index >= 15 is 0 Å². The summed E-state index contributed by atoms with van der Waals surface area (Å²) in [5.41, 5.74) is 1.42. The number of aromatic nitrogens is 1. The zero-order chi connectivity index (χ0) is 19.7. The Balaban J connectivity index is 1.57. The lowest BCUT2D eigenvalue weighted by molar-refractivity contribution is 0.0912. The van der Waals surface area contributed by atoms with Gasteiger partial charge in [-0.05, 0) is 75.4 Å². The molecule has 3 aromatic rings. The molecule has 0 aliphatic carbocycles. The van der Waals surface area contributed by atoms with Gasteiger partial charge in [-0.15, -0.1) is 0 Å². The number of halogens is 2. The maximum absolute atomic E-state index is 12.7. The van der Waals surface area contributed by atoms with Crippen molar-refractivity contribution in [1.82, 2.24) is 15.2 Å². The maximum Gasteiger partial charge on any atom is 0.267 e. The molecule has 0 radical (unpaired) electrons. The van der Waals surface area contributed by atoms with Crippen LogP contribution in [0.15, 0.2) is 52.3 Å². The smallest absolute Gasteiger partial charge is 0.267 e. The van der Waals surface area contributed by atoms with Crippen molar-refractivity contribution < 1.29 is 4.79 Å². The summed E-state index contributed by atoms with van der Waals surface area (Å²) in [5, 5.41) is 5.48. The summed E-state index contributed by atoms with van der Waals surface area (Å²) in [6.07, 6.45) is 1.96. The molecule has 2 N–H and O–H groups in total. The van der Waals surface area contributed by atoms with Gasteiger partial charge in [-0.3, -0.25) is 4.79 Å². The average molecular weight is 434 g/mol. The number of H-pyrrole nitrogens is 1. The number of rotatable bonds is 4. The van der Waals surface area contributed by atoms with Crippen molar-refractivity contribution in [2.24, 2.45) is 0 Å². The second-order valence-electron chi connectivity index (χ2n) is 7.16. The highest BCUT2D eigenvalue weighted by molar-refractivity contribution is 7.99. The van der Waals surface area contributed by atoms with Gasteiger partial charge in [0.15, 0.2) is 0 Å². The van der Waals surface area contributed by atoms with Crippen molar-refractivity contribution in [3.05, 3.63) is 58.2 Å². The zero-order valence-corrected chi connectivity index (χ0v) is 17.8. The largest absolute Gasteiger partial charge is 0.350 e. The second kappa shape index (κ2) is 8.37. The van der Waals surface area contributed by atoms with Crippen LogP contribution in [0.5, 0.6) is 0 Å². The topological polar surface area (TPSA) is 48.1 Å². The van der Waals surface area contributed by atoms with Gasteiger partial charge in [-0.25, -0.2) is 0 Å². The van der Waals surface area contributed by atoms with E-state index in [1.165, 1.54) is 0 Å². The number of likely N-dealkylation sites (tertiary alicyclic amines) is 1. The molecule has 7 heteroatoms. The molecule has 1 aliphatic heterocycles. The number of piperidine rings is 1. The Labute approximate surface area is 178 Å². The Morgan fingerprint density at radius 3 is 2.54 bits per heavy atom. The third-order valence-corrected chi connectivity index (χ3v) is 6.54. The van der Waals surface area contributed by atoms with Crippen LogP contribution >= 0.6 is 35.0 Å². The van der Waals surface area contributed by atoms with Crippen molar-refractivity contribution >= 4 is 51.8 Å². The van der Waals surface area contributed by atoms with Gasteiger partial charge in [0.1, 0.15) is 5.69 Å². The van der Waals surface area contributed by atoms with E-state index in [4.69, 9.17) is 23.2 Å². The number of fused-ring (bicyclic) bond motifs is 1. The summed E-state index contributed by atoms with van der Waals surface area (Å²) < 4.78 is 0. The maximum atomic E-state index is 12.7. The molecule has 0 saturated carbocycles. The molecule has 4 nitrogen and oxygen atoms in total. The van der Waals surface area contributed by atoms with E-state index in [1.54, 1.807) is 11.8 Å². The number of amides is 1. The van der Waals surface area contributed by atoms with Crippen LogP contribution < -0.4 is 5.32 Å². The molecule has 0 bridgehead atoms. The molecule has 0 spiro atoms. The number of carbonyl (C=O) groups excluding carboxylic acids is 1. The lowest BCUT2D eigenvalue weighted by Crippen LogP contribution is -2.43. The number of hydrogen-bond acceptors (Lipinski definition) is 3. The Morgan fingerprint density at radius 1 is 1.11 bits per heavy atom. The van der Waals surface area contributed by atoms with Crippen LogP contribution in [0, 0.1) is 0 Å². The monoisotopic (exact) mass is 433 g/mol. The van der Waals surface area contributed by atoms with Gasteiger partial charge >= 0.3 is 0 Å². The molecule has 1 aromatic heterocycles. The molecule has 2 heterocycles. The van der Waals surface area contributed by atoms with Crippen LogP contribution in [0.2, 0.25) is 10.0 Å². The molecule has 1 aliphatic rings. The van der Waals surface area contributed by atoms with Crippen molar-refractivity contribution in [3.8, 4) is 0 Å². The van der Waals surface area contributed by atoms with Crippen molar-refractivity contribution in [1.29, 1.82) is 0 Å². The molecule has 28 heavy (non-hydrogen) atoms. The summed E-state index contributed by atoms with van der Waals surface area (Å²) in [4.78, 5) is 20.3. The second-order valence-corrected chi connectivity index (χ2v) is 9.14. The van der Waals surface area contributed by atoms with Gasteiger partial charge in [0.05, 0.1) is 0 Å². The van der Waals surface area contributed by atoms with Gasteiger partial charge in [0, 0.05) is 36.8 Å². The number of nitrogens with zero attached hydrogens (tertiary/aromatic N) is 1. The molecule has 146 valence electrons. The minimum absolute atomic E-state index is 0.0654. The van der Waals surface area contributed by atoms with E-state index in [-0.39, 0.29) is 11.9 Å². The number of aromatic amines is 1. The standard InChI is InChI=1S/C21H21Cl2N3OS/c1-26-8-6-15(7-9-26)24-21(27)19-12-17-18(25-19)10-14(23)11-20(17)28-16-4-2-13(22)3-5-16/h2-5,10-12,15,25H,6-9H2,1H3,(H,24,27). The van der Waals surface area contributed by atoms with Crippen molar-refractivity contribution in [2.45, 2.75) is 28.7 Å². The number of benzene rings is 2. The zero-order valence-electron chi connectivity index (χ0n) is 15.5. The highest BCUT2D eigenvalue weighted by Gasteiger charge is 2.20. The predicted molar refractivity (Wildman–Crippen MR) is 117 cm³/mol. The molecule has 2 aromatic carbocycles.